The first-order valence-electron chi connectivity index (χ1n) is 4.25. The molecule has 0 spiro atoms. The van der Waals surface area contributed by atoms with Crippen molar-refractivity contribution in [3.63, 3.8) is 0 Å². The SMILES string of the molecule is N#CCc1n[nH]c2c1CS(=O)(=O)CC2. The maximum absolute atomic E-state index is 11.3. The van der Waals surface area contributed by atoms with Crippen molar-refractivity contribution in [3.05, 3.63) is 17.0 Å². The molecule has 2 heterocycles. The molecule has 0 amide bonds. The third kappa shape index (κ3) is 1.51. The van der Waals surface area contributed by atoms with Gasteiger partial charge in [0.15, 0.2) is 9.84 Å². The van der Waals surface area contributed by atoms with Gasteiger partial charge in [-0.2, -0.15) is 10.4 Å². The van der Waals surface area contributed by atoms with Crippen molar-refractivity contribution in [2.75, 3.05) is 5.75 Å². The maximum atomic E-state index is 11.3. The Hall–Kier alpha value is -1.35. The minimum atomic E-state index is -2.98. The van der Waals surface area contributed by atoms with Crippen molar-refractivity contribution in [3.8, 4) is 6.07 Å². The Balaban J connectivity index is 2.43. The molecule has 1 aromatic rings. The van der Waals surface area contributed by atoms with Crippen LogP contribution in [0.4, 0.5) is 0 Å². The van der Waals surface area contributed by atoms with E-state index in [1.54, 1.807) is 0 Å². The van der Waals surface area contributed by atoms with E-state index in [9.17, 15) is 8.42 Å². The molecule has 74 valence electrons. The monoisotopic (exact) mass is 211 g/mol. The predicted molar refractivity (Wildman–Crippen MR) is 49.1 cm³/mol. The van der Waals surface area contributed by atoms with Crippen LogP contribution in [0.25, 0.3) is 0 Å². The summed E-state index contributed by atoms with van der Waals surface area (Å²) in [6, 6.07) is 1.97. The van der Waals surface area contributed by atoms with Gasteiger partial charge in [0.2, 0.25) is 0 Å². The van der Waals surface area contributed by atoms with Crippen molar-refractivity contribution in [1.82, 2.24) is 10.2 Å². The largest absolute Gasteiger partial charge is 0.282 e. The van der Waals surface area contributed by atoms with E-state index in [-0.39, 0.29) is 17.9 Å². The highest BCUT2D eigenvalue weighted by Gasteiger charge is 2.25. The lowest BCUT2D eigenvalue weighted by Crippen LogP contribution is -2.18. The van der Waals surface area contributed by atoms with E-state index in [0.29, 0.717) is 17.7 Å². The van der Waals surface area contributed by atoms with Crippen molar-refractivity contribution in [2.45, 2.75) is 18.6 Å². The Bertz CT molecular complexity index is 495. The Labute approximate surface area is 81.7 Å². The molecule has 0 saturated heterocycles. The summed E-state index contributed by atoms with van der Waals surface area (Å²) >= 11 is 0. The van der Waals surface area contributed by atoms with Crippen LogP contribution in [0.2, 0.25) is 0 Å². The lowest BCUT2D eigenvalue weighted by atomic mass is 10.1. The summed E-state index contributed by atoms with van der Waals surface area (Å²) < 4.78 is 22.7. The number of hydrogen-bond acceptors (Lipinski definition) is 4. The van der Waals surface area contributed by atoms with Crippen LogP contribution < -0.4 is 0 Å². The molecule has 1 aliphatic rings. The van der Waals surface area contributed by atoms with Crippen LogP contribution in [0.15, 0.2) is 0 Å². The van der Waals surface area contributed by atoms with Gasteiger partial charge in [-0.3, -0.25) is 5.10 Å². The molecule has 1 aliphatic heterocycles. The van der Waals surface area contributed by atoms with Gasteiger partial charge in [-0.25, -0.2) is 8.42 Å². The number of nitrogens with one attached hydrogen (secondary N) is 1. The molecule has 1 aromatic heterocycles. The number of aromatic amines is 1. The van der Waals surface area contributed by atoms with Gasteiger partial charge in [-0.15, -0.1) is 0 Å². The van der Waals surface area contributed by atoms with Crippen LogP contribution >= 0.6 is 0 Å². The zero-order valence-electron chi connectivity index (χ0n) is 7.45. The third-order valence-corrected chi connectivity index (χ3v) is 3.87. The minimum absolute atomic E-state index is 0.0237. The molecule has 1 N–H and O–H groups in total. The molecule has 5 nitrogen and oxygen atoms in total. The highest BCUT2D eigenvalue weighted by molar-refractivity contribution is 7.90. The molecule has 0 radical (unpaired) electrons. The highest BCUT2D eigenvalue weighted by atomic mass is 32.2. The van der Waals surface area contributed by atoms with Crippen LogP contribution in [0.3, 0.4) is 0 Å². The van der Waals surface area contributed by atoms with Gasteiger partial charge in [0.25, 0.3) is 0 Å². The zero-order valence-corrected chi connectivity index (χ0v) is 8.26. The third-order valence-electron chi connectivity index (χ3n) is 2.31. The maximum Gasteiger partial charge on any atom is 0.154 e. The zero-order chi connectivity index (χ0) is 10.2. The van der Waals surface area contributed by atoms with E-state index in [4.69, 9.17) is 5.26 Å². The Morgan fingerprint density at radius 1 is 1.57 bits per heavy atom. The molecule has 2 rings (SSSR count). The summed E-state index contributed by atoms with van der Waals surface area (Å²) in [5.41, 5.74) is 2.15. The second-order valence-electron chi connectivity index (χ2n) is 3.30. The van der Waals surface area contributed by atoms with E-state index in [0.717, 1.165) is 5.69 Å². The average molecular weight is 211 g/mol. The molecule has 6 heteroatoms. The number of H-pyrrole nitrogens is 1. The Kier molecular flexibility index (Phi) is 2.04. The molecular formula is C8H9N3O2S. The number of nitriles is 1. The number of aryl methyl sites for hydroxylation is 1. The van der Waals surface area contributed by atoms with Gasteiger partial charge in [0.05, 0.1) is 29.7 Å². The molecule has 14 heavy (non-hydrogen) atoms. The molecule has 0 unspecified atom stereocenters. The standard InChI is InChI=1S/C8H9N3O2S/c9-3-1-7-6-5-14(12,13)4-2-8(6)11-10-7/h1-2,4-5H2,(H,10,11). The van der Waals surface area contributed by atoms with Crippen LogP contribution in [-0.2, 0) is 28.4 Å². The number of aromatic nitrogens is 2. The second-order valence-corrected chi connectivity index (χ2v) is 5.49. The van der Waals surface area contributed by atoms with Crippen molar-refractivity contribution >= 4 is 9.84 Å². The van der Waals surface area contributed by atoms with E-state index in [2.05, 4.69) is 10.2 Å². The molecular weight excluding hydrogens is 202 g/mol. The van der Waals surface area contributed by atoms with Crippen LogP contribution in [0.5, 0.6) is 0 Å². The second kappa shape index (κ2) is 3.10. The van der Waals surface area contributed by atoms with Crippen molar-refractivity contribution in [2.24, 2.45) is 0 Å². The number of rotatable bonds is 1. The van der Waals surface area contributed by atoms with E-state index < -0.39 is 9.84 Å². The first-order chi connectivity index (χ1) is 6.62. The smallest absolute Gasteiger partial charge is 0.154 e. The summed E-state index contributed by atoms with van der Waals surface area (Å²) in [4.78, 5) is 0. The number of sulfone groups is 1. The highest BCUT2D eigenvalue weighted by Crippen LogP contribution is 2.21. The van der Waals surface area contributed by atoms with Crippen molar-refractivity contribution < 1.29 is 8.42 Å². The fraction of sp³-hybridized carbons (Fsp3) is 0.500. The molecule has 0 saturated carbocycles. The van der Waals surface area contributed by atoms with E-state index in [1.165, 1.54) is 0 Å². The topological polar surface area (TPSA) is 86.6 Å². The molecule has 0 fully saturated rings. The molecule has 0 aliphatic carbocycles. The average Bonchev–Trinajstić information content (AvgIpc) is 2.47. The molecule has 0 atom stereocenters. The Morgan fingerprint density at radius 3 is 3.07 bits per heavy atom. The summed E-state index contributed by atoms with van der Waals surface area (Å²) in [5, 5.41) is 15.2. The van der Waals surface area contributed by atoms with Crippen molar-refractivity contribution in [1.29, 1.82) is 5.26 Å². The number of fused-ring (bicyclic) bond motifs is 1. The van der Waals surface area contributed by atoms with Gasteiger partial charge in [-0.05, 0) is 0 Å². The van der Waals surface area contributed by atoms with Gasteiger partial charge in [0, 0.05) is 17.7 Å². The fourth-order valence-corrected chi connectivity index (χ4v) is 3.03. The quantitative estimate of drug-likeness (QED) is 0.705. The van der Waals surface area contributed by atoms with E-state index >= 15 is 0 Å². The van der Waals surface area contributed by atoms with E-state index in [1.807, 2.05) is 6.07 Å². The first-order valence-corrected chi connectivity index (χ1v) is 6.07. The summed E-state index contributed by atoms with van der Waals surface area (Å²) in [6.07, 6.45) is 0.650. The lowest BCUT2D eigenvalue weighted by Gasteiger charge is -2.11. The summed E-state index contributed by atoms with van der Waals surface area (Å²) in [5.74, 6) is 0.198. The first kappa shape index (κ1) is 9.21. The van der Waals surface area contributed by atoms with Gasteiger partial charge in [0.1, 0.15) is 0 Å². The Morgan fingerprint density at radius 2 is 2.36 bits per heavy atom. The fourth-order valence-electron chi connectivity index (χ4n) is 1.59. The number of hydrogen-bond donors (Lipinski definition) is 1. The minimum Gasteiger partial charge on any atom is -0.282 e. The van der Waals surface area contributed by atoms with Gasteiger partial charge < -0.3 is 0 Å². The summed E-state index contributed by atoms with van der Waals surface area (Å²) in [6.45, 7) is 0. The summed E-state index contributed by atoms with van der Waals surface area (Å²) in [7, 11) is -2.98. The number of nitrogens with zero attached hydrogens (tertiary/aromatic N) is 2. The van der Waals surface area contributed by atoms with Gasteiger partial charge in [-0.1, -0.05) is 0 Å². The van der Waals surface area contributed by atoms with Crippen LogP contribution in [0.1, 0.15) is 17.0 Å². The molecule has 0 bridgehead atoms. The normalized spacial score (nSPS) is 18.5. The van der Waals surface area contributed by atoms with Crippen LogP contribution in [-0.4, -0.2) is 24.4 Å². The van der Waals surface area contributed by atoms with Crippen LogP contribution in [0, 0.1) is 11.3 Å². The lowest BCUT2D eigenvalue weighted by molar-refractivity contribution is 0.591. The molecule has 0 aromatic carbocycles. The predicted octanol–water partition coefficient (Wildman–Crippen LogP) is -0.0533. The van der Waals surface area contributed by atoms with Gasteiger partial charge >= 0.3 is 0 Å².